The number of halogens is 1. The van der Waals surface area contributed by atoms with Gasteiger partial charge in [0, 0.05) is 24.8 Å². The zero-order chi connectivity index (χ0) is 27.4. The molecular formula is C26H27ClN2O7S2. The van der Waals surface area contributed by atoms with Crippen LogP contribution in [0.2, 0.25) is 5.02 Å². The summed E-state index contributed by atoms with van der Waals surface area (Å²) in [5.41, 5.74) is 3.22. The first-order valence-electron chi connectivity index (χ1n) is 11.8. The average molecular weight is 579 g/mol. The summed E-state index contributed by atoms with van der Waals surface area (Å²) in [4.78, 5) is 22.8. The van der Waals surface area contributed by atoms with E-state index in [1.807, 2.05) is 43.3 Å². The molecule has 2 heterocycles. The zero-order valence-electron chi connectivity index (χ0n) is 20.5. The minimum atomic E-state index is -3.42. The quantitative estimate of drug-likeness (QED) is 0.308. The Balaban J connectivity index is 1.43. The highest BCUT2D eigenvalue weighted by atomic mass is 35.5. The number of aromatic carboxylic acids is 1. The average Bonchev–Trinajstić information content (AvgIpc) is 3.19. The maximum Gasteiger partial charge on any atom is 0.349 e. The molecule has 1 fully saturated rings. The van der Waals surface area contributed by atoms with Crippen LogP contribution in [0.5, 0.6) is 5.75 Å². The highest BCUT2D eigenvalue weighted by molar-refractivity contribution is 7.88. The van der Waals surface area contributed by atoms with Crippen LogP contribution in [-0.4, -0.2) is 60.6 Å². The van der Waals surface area contributed by atoms with Gasteiger partial charge in [-0.3, -0.25) is 0 Å². The number of sulfonamides is 1. The van der Waals surface area contributed by atoms with Crippen molar-refractivity contribution in [2.45, 2.75) is 31.6 Å². The number of nitrogens with one attached hydrogen (secondary N) is 1. The Morgan fingerprint density at radius 3 is 2.50 bits per heavy atom. The number of piperidine rings is 1. The van der Waals surface area contributed by atoms with Gasteiger partial charge in [-0.05, 0) is 43.0 Å². The summed E-state index contributed by atoms with van der Waals surface area (Å²) in [6.45, 7) is 2.05. The standard InChI is InChI=1S/C26H27ClN2O7S2/c1-16-4-2-5-17(12-16)15-38(34,35)29-10-8-19(9-11-29)28-20-7-3-6-18(13-20)24-22(27)23(36-14-21(30)31)25(37-24)26(32)33/h2-7,12-13,19,28H,8-11,14-15H2,1H3,(H,30,31)(H,32,33). The van der Waals surface area contributed by atoms with Gasteiger partial charge in [0.15, 0.2) is 17.2 Å². The van der Waals surface area contributed by atoms with Crippen molar-refractivity contribution in [2.75, 3.05) is 25.0 Å². The van der Waals surface area contributed by atoms with Crippen molar-refractivity contribution in [3.05, 3.63) is 69.6 Å². The number of aliphatic carboxylic acids is 1. The highest BCUT2D eigenvalue weighted by Crippen LogP contribution is 2.46. The van der Waals surface area contributed by atoms with Crippen LogP contribution in [-0.2, 0) is 20.6 Å². The van der Waals surface area contributed by atoms with Gasteiger partial charge >= 0.3 is 11.9 Å². The minimum absolute atomic E-state index is 0.0209. The number of hydrogen-bond donors (Lipinski definition) is 3. The van der Waals surface area contributed by atoms with Crippen molar-refractivity contribution in [2.24, 2.45) is 0 Å². The Hall–Kier alpha value is -3.12. The first-order chi connectivity index (χ1) is 18.0. The molecule has 3 aromatic rings. The number of anilines is 1. The second-order valence-corrected chi connectivity index (χ2v) is 12.4. The van der Waals surface area contributed by atoms with E-state index in [1.165, 1.54) is 0 Å². The van der Waals surface area contributed by atoms with Crippen molar-refractivity contribution >= 4 is 50.6 Å². The van der Waals surface area contributed by atoms with Crippen molar-refractivity contribution in [1.82, 2.24) is 4.31 Å². The molecule has 4 rings (SSSR count). The molecule has 0 radical (unpaired) electrons. The molecule has 0 spiro atoms. The van der Waals surface area contributed by atoms with Gasteiger partial charge in [-0.2, -0.15) is 0 Å². The lowest BCUT2D eigenvalue weighted by Crippen LogP contribution is -2.42. The molecule has 12 heteroatoms. The van der Waals surface area contributed by atoms with E-state index in [0.717, 1.165) is 28.2 Å². The third-order valence-electron chi connectivity index (χ3n) is 6.12. The predicted octanol–water partition coefficient (Wildman–Crippen LogP) is 4.94. The fourth-order valence-corrected chi connectivity index (χ4v) is 7.31. The summed E-state index contributed by atoms with van der Waals surface area (Å²) in [7, 11) is -3.42. The smallest absolute Gasteiger partial charge is 0.349 e. The van der Waals surface area contributed by atoms with Crippen LogP contribution in [0, 0.1) is 6.92 Å². The van der Waals surface area contributed by atoms with Gasteiger partial charge in [0.1, 0.15) is 5.02 Å². The third-order valence-corrected chi connectivity index (χ3v) is 9.65. The second-order valence-electron chi connectivity index (χ2n) is 9.03. The molecule has 9 nitrogen and oxygen atoms in total. The molecule has 0 atom stereocenters. The van der Waals surface area contributed by atoms with Crippen LogP contribution < -0.4 is 10.1 Å². The number of ether oxygens (including phenoxy) is 1. The van der Waals surface area contributed by atoms with Crippen LogP contribution >= 0.6 is 22.9 Å². The molecule has 1 aliphatic heterocycles. The molecule has 0 bridgehead atoms. The highest BCUT2D eigenvalue weighted by Gasteiger charge is 2.29. The Morgan fingerprint density at radius 2 is 1.84 bits per heavy atom. The molecule has 38 heavy (non-hydrogen) atoms. The van der Waals surface area contributed by atoms with Gasteiger partial charge in [0.2, 0.25) is 10.0 Å². The van der Waals surface area contributed by atoms with Crippen molar-refractivity contribution in [3.63, 3.8) is 0 Å². The van der Waals surface area contributed by atoms with Crippen molar-refractivity contribution in [3.8, 4) is 16.2 Å². The summed E-state index contributed by atoms with van der Waals surface area (Å²) < 4.78 is 32.6. The molecule has 0 aliphatic carbocycles. The van der Waals surface area contributed by atoms with Gasteiger partial charge in [-0.15, -0.1) is 11.3 Å². The number of aryl methyl sites for hydroxylation is 1. The summed E-state index contributed by atoms with van der Waals surface area (Å²) in [6.07, 6.45) is 1.26. The first-order valence-corrected chi connectivity index (χ1v) is 14.6. The lowest BCUT2D eigenvalue weighted by atomic mass is 10.1. The number of rotatable bonds is 10. The lowest BCUT2D eigenvalue weighted by Gasteiger charge is -2.32. The fraction of sp³-hybridized carbons (Fsp3) is 0.308. The Morgan fingerprint density at radius 1 is 1.13 bits per heavy atom. The van der Waals surface area contributed by atoms with E-state index in [9.17, 15) is 23.1 Å². The number of carboxylic acid groups (broad SMARTS) is 2. The minimum Gasteiger partial charge on any atom is -0.479 e. The van der Waals surface area contributed by atoms with E-state index in [0.29, 0.717) is 36.4 Å². The van der Waals surface area contributed by atoms with E-state index in [4.69, 9.17) is 21.4 Å². The van der Waals surface area contributed by atoms with E-state index < -0.39 is 28.6 Å². The number of nitrogens with zero attached hydrogens (tertiary/aromatic N) is 1. The zero-order valence-corrected chi connectivity index (χ0v) is 22.9. The topological polar surface area (TPSA) is 133 Å². The summed E-state index contributed by atoms with van der Waals surface area (Å²) in [5.74, 6) is -2.70. The number of carboxylic acids is 2. The summed E-state index contributed by atoms with van der Waals surface area (Å²) >= 11 is 7.32. The van der Waals surface area contributed by atoms with Gasteiger partial charge in [0.25, 0.3) is 0 Å². The molecule has 0 saturated carbocycles. The van der Waals surface area contributed by atoms with Crippen molar-refractivity contribution < 1.29 is 33.0 Å². The first kappa shape index (κ1) is 27.9. The molecule has 0 amide bonds. The maximum absolute atomic E-state index is 12.9. The monoisotopic (exact) mass is 578 g/mol. The van der Waals surface area contributed by atoms with Crippen molar-refractivity contribution in [1.29, 1.82) is 0 Å². The van der Waals surface area contributed by atoms with E-state index in [2.05, 4.69) is 5.32 Å². The van der Waals surface area contributed by atoms with Crippen LogP contribution in [0.15, 0.2) is 48.5 Å². The maximum atomic E-state index is 12.9. The van der Waals surface area contributed by atoms with Crippen LogP contribution in [0.3, 0.4) is 0 Å². The largest absolute Gasteiger partial charge is 0.479 e. The molecule has 0 unspecified atom stereocenters. The number of carbonyl (C=O) groups is 2. The fourth-order valence-electron chi connectivity index (χ4n) is 4.35. The third kappa shape index (κ3) is 6.65. The summed E-state index contributed by atoms with van der Waals surface area (Å²) in [5, 5.41) is 21.9. The molecule has 2 aromatic carbocycles. The van der Waals surface area contributed by atoms with E-state index in [-0.39, 0.29) is 27.4 Å². The molecule has 1 aromatic heterocycles. The molecule has 1 saturated heterocycles. The Bertz CT molecular complexity index is 1450. The SMILES string of the molecule is Cc1cccc(CS(=O)(=O)N2CCC(Nc3cccc(-c4sc(C(=O)O)c(OCC(=O)O)c4Cl)c3)CC2)c1. The van der Waals surface area contributed by atoms with Gasteiger partial charge < -0.3 is 20.3 Å². The van der Waals surface area contributed by atoms with Crippen LogP contribution in [0.25, 0.3) is 10.4 Å². The Kier molecular flexibility index (Phi) is 8.61. The van der Waals surface area contributed by atoms with Gasteiger partial charge in [-0.25, -0.2) is 22.3 Å². The van der Waals surface area contributed by atoms with Gasteiger partial charge in [-0.1, -0.05) is 53.6 Å². The van der Waals surface area contributed by atoms with Crippen LogP contribution in [0.1, 0.15) is 33.6 Å². The number of thiophene rings is 1. The normalized spacial score (nSPS) is 14.8. The van der Waals surface area contributed by atoms with Gasteiger partial charge in [0.05, 0.1) is 10.6 Å². The molecule has 1 aliphatic rings. The predicted molar refractivity (Wildman–Crippen MR) is 147 cm³/mol. The van der Waals surface area contributed by atoms with E-state index in [1.54, 1.807) is 16.4 Å². The summed E-state index contributed by atoms with van der Waals surface area (Å²) in [6, 6.07) is 14.8. The number of hydrogen-bond acceptors (Lipinski definition) is 7. The molecule has 202 valence electrons. The van der Waals surface area contributed by atoms with Crippen LogP contribution in [0.4, 0.5) is 5.69 Å². The lowest BCUT2D eigenvalue weighted by molar-refractivity contribution is -0.139. The second kappa shape index (κ2) is 11.7. The molecule has 3 N–H and O–H groups in total. The number of benzene rings is 2. The molecular weight excluding hydrogens is 552 g/mol. The Labute approximate surface area is 229 Å². The van der Waals surface area contributed by atoms with E-state index >= 15 is 0 Å².